The van der Waals surface area contributed by atoms with Gasteiger partial charge in [0.05, 0.1) is 0 Å². The third-order valence-corrected chi connectivity index (χ3v) is 3.07. The second-order valence-corrected chi connectivity index (χ2v) is 3.92. The number of hydrogen-bond donors (Lipinski definition) is 0. The van der Waals surface area contributed by atoms with E-state index >= 15 is 0 Å². The third-order valence-electron chi connectivity index (χ3n) is 1.01. The normalized spacial score (nSPS) is 10.2. The van der Waals surface area contributed by atoms with Crippen LogP contribution in [0.3, 0.4) is 0 Å². The zero-order valence-electron chi connectivity index (χ0n) is 4.84. The molecular weight excluding hydrogens is 234 g/mol. The molecule has 0 spiro atoms. The van der Waals surface area contributed by atoms with Crippen LogP contribution >= 0.6 is 23.2 Å². The van der Waals surface area contributed by atoms with Gasteiger partial charge in [0.2, 0.25) is 0 Å². The summed E-state index contributed by atoms with van der Waals surface area (Å²) in [6.45, 7) is 0. The molecule has 0 radical (unpaired) electrons. The van der Waals surface area contributed by atoms with Gasteiger partial charge in [0.15, 0.2) is 0 Å². The van der Waals surface area contributed by atoms with Crippen molar-refractivity contribution in [2.75, 3.05) is 0 Å². The summed E-state index contributed by atoms with van der Waals surface area (Å²) in [5.41, 5.74) is 0. The average Bonchev–Trinajstić information content (AvgIpc) is 1.88. The van der Waals surface area contributed by atoms with Gasteiger partial charge in [-0.1, -0.05) is 0 Å². The first kappa shape index (κ1) is 8.26. The van der Waals surface area contributed by atoms with Crippen LogP contribution in [0.5, 0.6) is 0 Å². The van der Waals surface area contributed by atoms with Crippen LogP contribution in [0, 0.1) is 0 Å². The van der Waals surface area contributed by atoms with E-state index in [1.807, 2.05) is 0 Å². The number of benzene rings is 1. The molecule has 0 aliphatic heterocycles. The maximum atomic E-state index is 10.4. The summed E-state index contributed by atoms with van der Waals surface area (Å²) in [7, 11) is 0. The molecule has 0 bridgehead atoms. The summed E-state index contributed by atoms with van der Waals surface area (Å²) in [5.74, 6) is 0. The van der Waals surface area contributed by atoms with Crippen molar-refractivity contribution in [3.8, 4) is 0 Å². The van der Waals surface area contributed by atoms with Gasteiger partial charge in [-0.05, 0) is 0 Å². The van der Waals surface area contributed by atoms with Crippen molar-refractivity contribution in [3.05, 3.63) is 28.2 Å². The molecule has 52 valence electrons. The van der Waals surface area contributed by atoms with Crippen molar-refractivity contribution in [2.24, 2.45) is 0 Å². The standard InChI is InChI=1S/C6H3AsCl2O/c8-4-1-2-5(7-10)6(9)3-4/h1-3H. The summed E-state index contributed by atoms with van der Waals surface area (Å²) >= 11 is 10.2. The van der Waals surface area contributed by atoms with E-state index in [4.69, 9.17) is 23.2 Å². The molecule has 0 aromatic heterocycles. The Hall–Kier alpha value is 0.158. The van der Waals surface area contributed by atoms with Crippen LogP contribution in [-0.4, -0.2) is 15.7 Å². The van der Waals surface area contributed by atoms with Gasteiger partial charge in [-0.2, -0.15) is 0 Å². The Morgan fingerprint density at radius 2 is 2.00 bits per heavy atom. The molecule has 0 heterocycles. The molecule has 0 amide bonds. The van der Waals surface area contributed by atoms with Gasteiger partial charge in [0, 0.05) is 0 Å². The molecule has 4 heteroatoms. The first-order chi connectivity index (χ1) is 4.74. The Morgan fingerprint density at radius 1 is 1.30 bits per heavy atom. The van der Waals surface area contributed by atoms with Crippen molar-refractivity contribution in [1.82, 2.24) is 0 Å². The molecule has 1 rings (SSSR count). The minimum absolute atomic E-state index is 0.488. The summed E-state index contributed by atoms with van der Waals surface area (Å²) in [4.78, 5) is 0. The minimum atomic E-state index is -1.04. The van der Waals surface area contributed by atoms with E-state index in [-0.39, 0.29) is 0 Å². The second kappa shape index (κ2) is 3.52. The van der Waals surface area contributed by atoms with Crippen LogP contribution in [0.15, 0.2) is 18.2 Å². The van der Waals surface area contributed by atoms with Crippen LogP contribution < -0.4 is 4.35 Å². The molecule has 0 fully saturated rings. The van der Waals surface area contributed by atoms with E-state index in [2.05, 4.69) is 0 Å². The second-order valence-electron chi connectivity index (χ2n) is 1.69. The maximum absolute atomic E-state index is 10.4. The Balaban J connectivity index is 3.19. The van der Waals surface area contributed by atoms with Crippen LogP contribution in [0.25, 0.3) is 0 Å². The van der Waals surface area contributed by atoms with Crippen molar-refractivity contribution in [3.63, 3.8) is 0 Å². The summed E-state index contributed by atoms with van der Waals surface area (Å²) < 4.78 is 11.1. The topological polar surface area (TPSA) is 17.1 Å². The Morgan fingerprint density at radius 3 is 2.50 bits per heavy atom. The summed E-state index contributed by atoms with van der Waals surface area (Å²) in [6.07, 6.45) is 0. The molecule has 1 aromatic rings. The first-order valence-corrected chi connectivity index (χ1v) is 4.98. The first-order valence-electron chi connectivity index (χ1n) is 2.52. The fourth-order valence-corrected chi connectivity index (χ4v) is 1.75. The molecule has 0 atom stereocenters. The molecule has 0 saturated carbocycles. The Labute approximate surface area is 75.2 Å². The van der Waals surface area contributed by atoms with Gasteiger partial charge >= 0.3 is 75.2 Å². The monoisotopic (exact) mass is 236 g/mol. The number of halogens is 2. The van der Waals surface area contributed by atoms with Crippen molar-refractivity contribution in [1.29, 1.82) is 0 Å². The molecule has 0 aliphatic carbocycles. The quantitative estimate of drug-likeness (QED) is 0.679. The van der Waals surface area contributed by atoms with Gasteiger partial charge in [-0.25, -0.2) is 0 Å². The molecular formula is C6H3AsCl2O. The van der Waals surface area contributed by atoms with Crippen LogP contribution in [0.2, 0.25) is 10.0 Å². The zero-order valence-corrected chi connectivity index (χ0v) is 8.23. The molecule has 0 saturated heterocycles. The fraction of sp³-hybridized carbons (Fsp3) is 0. The summed E-state index contributed by atoms with van der Waals surface area (Å²) in [5, 5.41) is 1.06. The zero-order chi connectivity index (χ0) is 7.56. The summed E-state index contributed by atoms with van der Waals surface area (Å²) in [6, 6.07) is 4.94. The molecule has 0 aliphatic rings. The van der Waals surface area contributed by atoms with E-state index in [1.165, 1.54) is 0 Å². The van der Waals surface area contributed by atoms with E-state index in [0.29, 0.717) is 14.4 Å². The molecule has 1 nitrogen and oxygen atoms in total. The van der Waals surface area contributed by atoms with Crippen LogP contribution in [-0.2, 0) is 3.74 Å². The predicted octanol–water partition coefficient (Wildman–Crippen LogP) is 1.67. The van der Waals surface area contributed by atoms with Crippen molar-refractivity contribution in [2.45, 2.75) is 0 Å². The van der Waals surface area contributed by atoms with E-state index in [1.54, 1.807) is 18.2 Å². The molecule has 10 heavy (non-hydrogen) atoms. The SMILES string of the molecule is O=[As]c1ccc(Cl)cc1Cl. The van der Waals surface area contributed by atoms with E-state index in [0.717, 1.165) is 0 Å². The van der Waals surface area contributed by atoms with Gasteiger partial charge in [-0.3, -0.25) is 0 Å². The average molecular weight is 237 g/mol. The van der Waals surface area contributed by atoms with Gasteiger partial charge in [0.25, 0.3) is 0 Å². The fourth-order valence-electron chi connectivity index (χ4n) is 0.555. The van der Waals surface area contributed by atoms with Crippen molar-refractivity contribution < 1.29 is 3.74 Å². The van der Waals surface area contributed by atoms with Gasteiger partial charge < -0.3 is 0 Å². The van der Waals surface area contributed by atoms with Gasteiger partial charge in [0.1, 0.15) is 0 Å². The molecule has 1 aromatic carbocycles. The Kier molecular flexibility index (Phi) is 2.91. The number of hydrogen-bond acceptors (Lipinski definition) is 1. The molecule has 0 unspecified atom stereocenters. The Bertz CT molecular complexity index is 262. The van der Waals surface area contributed by atoms with E-state index in [9.17, 15) is 3.74 Å². The van der Waals surface area contributed by atoms with Crippen LogP contribution in [0.4, 0.5) is 0 Å². The van der Waals surface area contributed by atoms with Crippen LogP contribution in [0.1, 0.15) is 0 Å². The number of rotatable bonds is 1. The van der Waals surface area contributed by atoms with Gasteiger partial charge in [-0.15, -0.1) is 0 Å². The third kappa shape index (κ3) is 1.82. The van der Waals surface area contributed by atoms with Crippen molar-refractivity contribution >= 4 is 43.2 Å². The van der Waals surface area contributed by atoms with E-state index < -0.39 is 15.7 Å². The predicted molar refractivity (Wildman–Crippen MR) is 42.5 cm³/mol. The molecule has 0 N–H and O–H groups in total.